The SMILES string of the molecule is FC(F)(F)c1ccc2c(c1)[C@@H]1[C@@H](CC3O[C@H]31)[C@@H](c1ccccc1)N2. The van der Waals surface area contributed by atoms with E-state index in [-0.39, 0.29) is 30.1 Å². The number of ether oxygens (including phenoxy) is 1. The lowest BCUT2D eigenvalue weighted by Crippen LogP contribution is -2.32. The summed E-state index contributed by atoms with van der Waals surface area (Å²) in [5.41, 5.74) is 2.16. The van der Waals surface area contributed by atoms with Crippen molar-refractivity contribution in [1.29, 1.82) is 0 Å². The van der Waals surface area contributed by atoms with Gasteiger partial charge in [-0.3, -0.25) is 0 Å². The molecule has 1 N–H and O–H groups in total. The topological polar surface area (TPSA) is 24.6 Å². The normalized spacial score (nSPS) is 33.2. The molecule has 3 aliphatic rings. The lowest BCUT2D eigenvalue weighted by molar-refractivity contribution is -0.137. The number of rotatable bonds is 1. The molecule has 0 spiro atoms. The predicted molar refractivity (Wildman–Crippen MR) is 83.8 cm³/mol. The van der Waals surface area contributed by atoms with E-state index in [0.717, 1.165) is 23.7 Å². The van der Waals surface area contributed by atoms with Crippen molar-refractivity contribution in [3.8, 4) is 0 Å². The molecular weight excluding hydrogens is 315 g/mol. The molecule has 2 aliphatic heterocycles. The number of alkyl halides is 3. The lowest BCUT2D eigenvalue weighted by atomic mass is 9.76. The third kappa shape index (κ3) is 2.07. The van der Waals surface area contributed by atoms with Gasteiger partial charge in [0.15, 0.2) is 0 Å². The highest BCUT2D eigenvalue weighted by molar-refractivity contribution is 5.60. The summed E-state index contributed by atoms with van der Waals surface area (Å²) < 4.78 is 45.0. The van der Waals surface area contributed by atoms with Crippen LogP contribution in [0.5, 0.6) is 0 Å². The predicted octanol–water partition coefficient (Wildman–Crippen LogP) is 4.74. The number of hydrogen-bond donors (Lipinski definition) is 1. The molecule has 2 fully saturated rings. The summed E-state index contributed by atoms with van der Waals surface area (Å²) >= 11 is 0. The smallest absolute Gasteiger partial charge is 0.378 e. The van der Waals surface area contributed by atoms with Crippen LogP contribution >= 0.6 is 0 Å². The van der Waals surface area contributed by atoms with Crippen molar-refractivity contribution in [3.05, 3.63) is 65.2 Å². The summed E-state index contributed by atoms with van der Waals surface area (Å²) in [7, 11) is 0. The maximum absolute atomic E-state index is 13.1. The summed E-state index contributed by atoms with van der Waals surface area (Å²) in [6.45, 7) is 0. The molecule has 1 saturated carbocycles. The number of nitrogens with one attached hydrogen (secondary N) is 1. The molecule has 0 radical (unpaired) electrons. The number of anilines is 1. The Hall–Kier alpha value is -2.01. The standard InChI is InChI=1S/C19H16F3NO/c20-19(21,22)11-6-7-14-12(8-11)16-13(9-15-18(16)24-15)17(23-14)10-4-2-1-3-5-10/h1-8,13,15-18,23H,9H2/t13-,15?,16-,17-,18-/m1/s1. The van der Waals surface area contributed by atoms with E-state index >= 15 is 0 Å². The average Bonchev–Trinajstić information content (AvgIpc) is 3.24. The maximum Gasteiger partial charge on any atom is 0.416 e. The van der Waals surface area contributed by atoms with E-state index in [2.05, 4.69) is 17.4 Å². The van der Waals surface area contributed by atoms with Crippen LogP contribution in [0.3, 0.4) is 0 Å². The average molecular weight is 331 g/mol. The van der Waals surface area contributed by atoms with Crippen molar-refractivity contribution >= 4 is 5.69 Å². The van der Waals surface area contributed by atoms with E-state index in [9.17, 15) is 13.2 Å². The van der Waals surface area contributed by atoms with Crippen LogP contribution in [0.1, 0.15) is 35.1 Å². The Kier molecular flexibility index (Phi) is 2.84. The Morgan fingerprint density at radius 1 is 1.04 bits per heavy atom. The van der Waals surface area contributed by atoms with Crippen LogP contribution < -0.4 is 5.32 Å². The van der Waals surface area contributed by atoms with Crippen LogP contribution in [0.15, 0.2) is 48.5 Å². The summed E-state index contributed by atoms with van der Waals surface area (Å²) in [5.74, 6) is 0.311. The van der Waals surface area contributed by atoms with Gasteiger partial charge in [0.1, 0.15) is 0 Å². The van der Waals surface area contributed by atoms with Crippen LogP contribution in [0.2, 0.25) is 0 Å². The molecule has 5 rings (SSSR count). The molecule has 1 aliphatic carbocycles. The van der Waals surface area contributed by atoms with Crippen molar-refractivity contribution in [2.24, 2.45) is 5.92 Å². The number of benzene rings is 2. The minimum absolute atomic E-state index is 0.0405. The van der Waals surface area contributed by atoms with Crippen LogP contribution in [-0.2, 0) is 10.9 Å². The molecule has 24 heavy (non-hydrogen) atoms. The van der Waals surface area contributed by atoms with Crippen LogP contribution in [0.4, 0.5) is 18.9 Å². The molecule has 2 aromatic rings. The fourth-order valence-electron chi connectivity index (χ4n) is 4.48. The van der Waals surface area contributed by atoms with Gasteiger partial charge < -0.3 is 10.1 Å². The molecular formula is C19H16F3NO. The van der Waals surface area contributed by atoms with Crippen molar-refractivity contribution in [2.75, 3.05) is 5.32 Å². The van der Waals surface area contributed by atoms with Crippen molar-refractivity contribution in [2.45, 2.75) is 36.8 Å². The highest BCUT2D eigenvalue weighted by atomic mass is 19.4. The van der Waals surface area contributed by atoms with Crippen LogP contribution in [-0.4, -0.2) is 12.2 Å². The third-order valence-corrected chi connectivity index (χ3v) is 5.58. The Morgan fingerprint density at radius 3 is 2.58 bits per heavy atom. The monoisotopic (exact) mass is 331 g/mol. The van der Waals surface area contributed by atoms with Gasteiger partial charge in [-0.05, 0) is 41.7 Å². The second-order valence-corrected chi connectivity index (χ2v) is 6.90. The van der Waals surface area contributed by atoms with E-state index in [0.29, 0.717) is 0 Å². The molecule has 124 valence electrons. The van der Waals surface area contributed by atoms with E-state index in [1.165, 1.54) is 11.6 Å². The first-order valence-electron chi connectivity index (χ1n) is 8.20. The van der Waals surface area contributed by atoms with Gasteiger partial charge in [-0.1, -0.05) is 30.3 Å². The highest BCUT2D eigenvalue weighted by Gasteiger charge is 2.59. The summed E-state index contributed by atoms with van der Waals surface area (Å²) in [4.78, 5) is 0. The zero-order chi connectivity index (χ0) is 16.5. The number of fused-ring (bicyclic) bond motifs is 5. The van der Waals surface area contributed by atoms with E-state index in [4.69, 9.17) is 4.74 Å². The minimum Gasteiger partial charge on any atom is -0.378 e. The van der Waals surface area contributed by atoms with Gasteiger partial charge in [0.25, 0.3) is 0 Å². The molecule has 2 aromatic carbocycles. The number of hydrogen-bond acceptors (Lipinski definition) is 2. The minimum atomic E-state index is -4.32. The Labute approximate surface area is 137 Å². The van der Waals surface area contributed by atoms with Crippen LogP contribution in [0, 0.1) is 5.92 Å². The van der Waals surface area contributed by atoms with E-state index < -0.39 is 11.7 Å². The zero-order valence-electron chi connectivity index (χ0n) is 12.8. The second kappa shape index (κ2) is 4.76. The number of halogens is 3. The molecule has 0 amide bonds. The highest BCUT2D eigenvalue weighted by Crippen LogP contribution is 2.60. The largest absolute Gasteiger partial charge is 0.416 e. The van der Waals surface area contributed by atoms with Gasteiger partial charge in [0, 0.05) is 11.6 Å². The number of epoxide rings is 1. The Balaban J connectivity index is 1.60. The Bertz CT molecular complexity index is 789. The lowest BCUT2D eigenvalue weighted by Gasteiger charge is -2.39. The molecule has 1 saturated heterocycles. The van der Waals surface area contributed by atoms with Crippen molar-refractivity contribution < 1.29 is 17.9 Å². The fraction of sp³-hybridized carbons (Fsp3) is 0.368. The van der Waals surface area contributed by atoms with E-state index in [1.807, 2.05) is 18.2 Å². The molecule has 1 unspecified atom stereocenters. The first kappa shape index (κ1) is 14.3. The van der Waals surface area contributed by atoms with Crippen LogP contribution in [0.25, 0.3) is 0 Å². The van der Waals surface area contributed by atoms with Crippen molar-refractivity contribution in [1.82, 2.24) is 0 Å². The molecule has 2 nitrogen and oxygen atoms in total. The fourth-order valence-corrected chi connectivity index (χ4v) is 4.48. The van der Waals surface area contributed by atoms with Gasteiger partial charge in [-0.25, -0.2) is 0 Å². The van der Waals surface area contributed by atoms with Gasteiger partial charge in [-0.2, -0.15) is 13.2 Å². The van der Waals surface area contributed by atoms with Crippen molar-refractivity contribution in [3.63, 3.8) is 0 Å². The molecule has 5 atom stereocenters. The molecule has 0 aromatic heterocycles. The molecule has 5 heteroatoms. The zero-order valence-corrected chi connectivity index (χ0v) is 12.8. The Morgan fingerprint density at radius 2 is 1.83 bits per heavy atom. The first-order chi connectivity index (χ1) is 11.5. The summed E-state index contributed by atoms with van der Waals surface area (Å²) in [6.07, 6.45) is -3.14. The van der Waals surface area contributed by atoms with Gasteiger partial charge in [0.05, 0.1) is 23.8 Å². The van der Waals surface area contributed by atoms with Gasteiger partial charge >= 0.3 is 6.18 Å². The van der Waals surface area contributed by atoms with Gasteiger partial charge in [-0.15, -0.1) is 0 Å². The van der Waals surface area contributed by atoms with Gasteiger partial charge in [0.2, 0.25) is 0 Å². The summed E-state index contributed by atoms with van der Waals surface area (Å²) in [6, 6.07) is 14.3. The first-order valence-corrected chi connectivity index (χ1v) is 8.20. The second-order valence-electron chi connectivity index (χ2n) is 6.90. The quantitative estimate of drug-likeness (QED) is 0.763. The molecule has 0 bridgehead atoms. The third-order valence-electron chi connectivity index (χ3n) is 5.58. The summed E-state index contributed by atoms with van der Waals surface area (Å²) in [5, 5.41) is 3.48. The maximum atomic E-state index is 13.1. The van der Waals surface area contributed by atoms with E-state index in [1.54, 1.807) is 6.07 Å². The molecule has 2 heterocycles.